The number of carboxylic acid groups (broad SMARTS) is 1. The van der Waals surface area contributed by atoms with E-state index in [9.17, 15) is 24.5 Å². The van der Waals surface area contributed by atoms with Gasteiger partial charge in [0.1, 0.15) is 5.75 Å². The number of rotatable bonds is 7. The summed E-state index contributed by atoms with van der Waals surface area (Å²) in [4.78, 5) is 43.7. The Morgan fingerprint density at radius 1 is 1.42 bits per heavy atom. The lowest BCUT2D eigenvalue weighted by molar-refractivity contribution is -0.385. The van der Waals surface area contributed by atoms with E-state index >= 15 is 0 Å². The van der Waals surface area contributed by atoms with Crippen LogP contribution in [0.15, 0.2) is 23.8 Å². The monoisotopic (exact) mass is 334 g/mol. The summed E-state index contributed by atoms with van der Waals surface area (Å²) in [6.07, 6.45) is 1.38. The van der Waals surface area contributed by atoms with E-state index in [1.54, 1.807) is 0 Å². The molecule has 0 saturated carbocycles. The van der Waals surface area contributed by atoms with Gasteiger partial charge in [0, 0.05) is 18.1 Å². The van der Waals surface area contributed by atoms with Crippen molar-refractivity contribution < 1.29 is 29.2 Å². The molecule has 24 heavy (non-hydrogen) atoms. The summed E-state index contributed by atoms with van der Waals surface area (Å²) in [5.74, 6) is -1.68. The molecule has 2 rings (SSSR count). The average molecular weight is 334 g/mol. The van der Waals surface area contributed by atoms with Gasteiger partial charge in [0.2, 0.25) is 5.91 Å². The molecular formula is C15H14N2O7. The topological polar surface area (TPSA) is 136 Å². The lowest BCUT2D eigenvalue weighted by atomic mass is 10.1. The third-order valence-corrected chi connectivity index (χ3v) is 3.22. The molecule has 0 atom stereocenters. The number of hydrogen-bond acceptors (Lipinski definition) is 6. The first-order valence-corrected chi connectivity index (χ1v) is 7.04. The summed E-state index contributed by atoms with van der Waals surface area (Å²) in [6, 6.07) is 4.00. The fourth-order valence-corrected chi connectivity index (χ4v) is 2.13. The van der Waals surface area contributed by atoms with Crippen LogP contribution >= 0.6 is 0 Å². The highest BCUT2D eigenvalue weighted by molar-refractivity contribution is 6.15. The predicted octanol–water partition coefficient (Wildman–Crippen LogP) is 1.27. The van der Waals surface area contributed by atoms with Crippen molar-refractivity contribution in [3.05, 3.63) is 39.4 Å². The third-order valence-electron chi connectivity index (χ3n) is 3.22. The van der Waals surface area contributed by atoms with Crippen molar-refractivity contribution >= 4 is 29.5 Å². The molecule has 1 heterocycles. The van der Waals surface area contributed by atoms with Crippen LogP contribution in [0.2, 0.25) is 0 Å². The molecule has 1 aromatic carbocycles. The molecule has 0 spiro atoms. The molecule has 9 nitrogen and oxygen atoms in total. The molecule has 9 heteroatoms. The van der Waals surface area contributed by atoms with Crippen molar-refractivity contribution in [2.45, 2.75) is 19.3 Å². The molecule has 1 aromatic rings. The van der Waals surface area contributed by atoms with Gasteiger partial charge in [0.25, 0.3) is 11.6 Å². The number of ether oxygens (including phenoxy) is 1. The maximum atomic E-state index is 11.6. The Bertz CT molecular complexity index is 739. The number of carbonyl (C=O) groups is 3. The highest BCUT2D eigenvalue weighted by Gasteiger charge is 2.25. The van der Waals surface area contributed by atoms with Gasteiger partial charge in [-0.1, -0.05) is 0 Å². The normalized spacial score (nSPS) is 15.4. The van der Waals surface area contributed by atoms with E-state index in [0.29, 0.717) is 12.2 Å². The summed E-state index contributed by atoms with van der Waals surface area (Å²) in [5.41, 5.74) is 0.0363. The van der Waals surface area contributed by atoms with E-state index in [1.165, 1.54) is 24.3 Å². The van der Waals surface area contributed by atoms with E-state index in [2.05, 4.69) is 5.32 Å². The first-order valence-electron chi connectivity index (χ1n) is 7.04. The van der Waals surface area contributed by atoms with E-state index in [1.807, 2.05) is 0 Å². The van der Waals surface area contributed by atoms with Crippen molar-refractivity contribution in [2.24, 2.45) is 0 Å². The molecule has 0 aliphatic carbocycles. The van der Waals surface area contributed by atoms with Gasteiger partial charge in [-0.25, -0.2) is 0 Å². The zero-order chi connectivity index (χ0) is 17.7. The number of aliphatic carboxylic acids is 1. The minimum absolute atomic E-state index is 0.0494. The average Bonchev–Trinajstić information content (AvgIpc) is 2.81. The van der Waals surface area contributed by atoms with Gasteiger partial charge in [-0.2, -0.15) is 0 Å². The van der Waals surface area contributed by atoms with Crippen molar-refractivity contribution in [3.8, 4) is 5.75 Å². The first-order chi connectivity index (χ1) is 11.4. The van der Waals surface area contributed by atoms with Crippen molar-refractivity contribution in [1.29, 1.82) is 0 Å². The summed E-state index contributed by atoms with van der Waals surface area (Å²) in [5, 5.41) is 21.7. The van der Waals surface area contributed by atoms with Gasteiger partial charge >= 0.3 is 5.97 Å². The van der Waals surface area contributed by atoms with E-state index in [-0.39, 0.29) is 36.3 Å². The van der Waals surface area contributed by atoms with Crippen LogP contribution < -0.4 is 10.1 Å². The number of nitrogens with one attached hydrogen (secondary N) is 1. The Labute approximate surface area is 136 Å². The number of benzene rings is 1. The van der Waals surface area contributed by atoms with E-state index < -0.39 is 22.7 Å². The second-order valence-corrected chi connectivity index (χ2v) is 5.05. The molecule has 0 aromatic heterocycles. The van der Waals surface area contributed by atoms with Crippen LogP contribution in [0.25, 0.3) is 6.08 Å². The van der Waals surface area contributed by atoms with Crippen LogP contribution in [-0.4, -0.2) is 34.4 Å². The molecule has 0 unspecified atom stereocenters. The van der Waals surface area contributed by atoms with Crippen molar-refractivity contribution in [1.82, 2.24) is 5.32 Å². The maximum absolute atomic E-state index is 11.6. The molecule has 1 aliphatic rings. The van der Waals surface area contributed by atoms with Crippen molar-refractivity contribution in [3.63, 3.8) is 0 Å². The number of nitrogens with zero attached hydrogens (tertiary/aromatic N) is 1. The fourth-order valence-electron chi connectivity index (χ4n) is 2.13. The molecule has 1 fully saturated rings. The summed E-state index contributed by atoms with van der Waals surface area (Å²) >= 11 is 0. The molecule has 2 N–H and O–H groups in total. The molecule has 0 radical (unpaired) electrons. The Balaban J connectivity index is 2.21. The Morgan fingerprint density at radius 3 is 2.75 bits per heavy atom. The SMILES string of the molecule is O=C(O)CCCOc1ccc([N+](=O)[O-])c(C=C2CC(=O)NC2=O)c1. The van der Waals surface area contributed by atoms with Gasteiger partial charge in [0.05, 0.1) is 23.5 Å². The van der Waals surface area contributed by atoms with Crippen LogP contribution in [0, 0.1) is 10.1 Å². The molecule has 1 aliphatic heterocycles. The predicted molar refractivity (Wildman–Crippen MR) is 81.2 cm³/mol. The lowest BCUT2D eigenvalue weighted by Crippen LogP contribution is -2.19. The Hall–Kier alpha value is -3.23. The van der Waals surface area contributed by atoms with Gasteiger partial charge < -0.3 is 9.84 Å². The van der Waals surface area contributed by atoms with Gasteiger partial charge in [-0.3, -0.25) is 29.8 Å². The highest BCUT2D eigenvalue weighted by atomic mass is 16.6. The molecule has 2 amide bonds. The second-order valence-electron chi connectivity index (χ2n) is 5.05. The molecule has 1 saturated heterocycles. The zero-order valence-electron chi connectivity index (χ0n) is 12.5. The van der Waals surface area contributed by atoms with Crippen LogP contribution in [-0.2, 0) is 14.4 Å². The Morgan fingerprint density at radius 2 is 2.17 bits per heavy atom. The minimum atomic E-state index is -0.940. The number of carboxylic acids is 1. The first kappa shape index (κ1) is 17.1. The van der Waals surface area contributed by atoms with Crippen molar-refractivity contribution in [2.75, 3.05) is 6.61 Å². The summed E-state index contributed by atoms with van der Waals surface area (Å²) in [7, 11) is 0. The highest BCUT2D eigenvalue weighted by Crippen LogP contribution is 2.27. The minimum Gasteiger partial charge on any atom is -0.494 e. The van der Waals surface area contributed by atoms with Crippen LogP contribution in [0.1, 0.15) is 24.8 Å². The smallest absolute Gasteiger partial charge is 0.303 e. The fraction of sp³-hybridized carbons (Fsp3) is 0.267. The van der Waals surface area contributed by atoms with Gasteiger partial charge in [-0.15, -0.1) is 0 Å². The van der Waals surface area contributed by atoms with Gasteiger partial charge in [0.15, 0.2) is 0 Å². The summed E-state index contributed by atoms with van der Waals surface area (Å²) < 4.78 is 5.36. The number of hydrogen-bond donors (Lipinski definition) is 2. The molecular weight excluding hydrogens is 320 g/mol. The maximum Gasteiger partial charge on any atom is 0.303 e. The Kier molecular flexibility index (Phi) is 5.25. The quantitative estimate of drug-likeness (QED) is 0.252. The number of nitro groups is 1. The van der Waals surface area contributed by atoms with Crippen LogP contribution in [0.5, 0.6) is 5.75 Å². The van der Waals surface area contributed by atoms with E-state index in [0.717, 1.165) is 0 Å². The number of amides is 2. The van der Waals surface area contributed by atoms with E-state index in [4.69, 9.17) is 9.84 Å². The molecule has 126 valence electrons. The number of imide groups is 1. The largest absolute Gasteiger partial charge is 0.494 e. The standard InChI is InChI=1S/C15H14N2O7/c18-13-8-10(15(21)16-13)6-9-7-11(3-4-12(9)17(22)23)24-5-1-2-14(19)20/h3-4,6-7H,1-2,5,8H2,(H,19,20)(H,16,18,21). The van der Waals surface area contributed by atoms with Crippen LogP contribution in [0.3, 0.4) is 0 Å². The van der Waals surface area contributed by atoms with Crippen LogP contribution in [0.4, 0.5) is 5.69 Å². The molecule has 0 bridgehead atoms. The number of nitro benzene ring substituents is 1. The number of carbonyl (C=O) groups excluding carboxylic acids is 2. The third kappa shape index (κ3) is 4.38. The zero-order valence-corrected chi connectivity index (χ0v) is 12.5. The lowest BCUT2D eigenvalue weighted by Gasteiger charge is -2.07. The second kappa shape index (κ2) is 7.36. The summed E-state index contributed by atoms with van der Waals surface area (Å²) in [6.45, 7) is 0.138. The van der Waals surface area contributed by atoms with Gasteiger partial charge in [-0.05, 0) is 24.6 Å².